The fourth-order valence-corrected chi connectivity index (χ4v) is 2.46. The molecular weight excluding hydrogens is 292 g/mol. The molecule has 0 amide bonds. The van der Waals surface area contributed by atoms with Crippen molar-refractivity contribution in [3.63, 3.8) is 0 Å². The van der Waals surface area contributed by atoms with Crippen LogP contribution in [-0.4, -0.2) is 67.1 Å². The monoisotopic (exact) mass is 306 g/mol. The summed E-state index contributed by atoms with van der Waals surface area (Å²) in [5.41, 5.74) is 0.528. The van der Waals surface area contributed by atoms with Gasteiger partial charge in [-0.3, -0.25) is 0 Å². The van der Waals surface area contributed by atoms with E-state index < -0.39 is 31.1 Å². The second-order valence-electron chi connectivity index (χ2n) is 4.75. The van der Waals surface area contributed by atoms with Crippen molar-refractivity contribution in [2.75, 3.05) is 13.7 Å². The third-order valence-electron chi connectivity index (χ3n) is 3.54. The lowest BCUT2D eigenvalue weighted by atomic mass is 10.1. The highest BCUT2D eigenvalue weighted by atomic mass is 16.6. The van der Waals surface area contributed by atoms with Crippen LogP contribution in [0.3, 0.4) is 0 Å². The van der Waals surface area contributed by atoms with E-state index >= 15 is 0 Å². The smallest absolute Gasteiger partial charge is 0.228 e. The first kappa shape index (κ1) is 14.7. The summed E-state index contributed by atoms with van der Waals surface area (Å²) in [5.74, 6) is 2.65. The van der Waals surface area contributed by atoms with E-state index in [-0.39, 0.29) is 11.6 Å². The lowest BCUT2D eigenvalue weighted by Crippen LogP contribution is -2.33. The largest absolute Gasteiger partial charge is 0.480 e. The molecule has 0 saturated carbocycles. The van der Waals surface area contributed by atoms with Crippen molar-refractivity contribution < 1.29 is 24.8 Å². The van der Waals surface area contributed by atoms with Crippen molar-refractivity contribution in [1.82, 2.24) is 19.7 Å². The Hall–Kier alpha value is -2.25. The van der Waals surface area contributed by atoms with Gasteiger partial charge in [0.2, 0.25) is 5.88 Å². The highest BCUT2D eigenvalue weighted by Crippen LogP contribution is 2.33. The quantitative estimate of drug-likeness (QED) is 0.581. The predicted molar refractivity (Wildman–Crippen MR) is 72.8 cm³/mol. The van der Waals surface area contributed by atoms with E-state index in [2.05, 4.69) is 21.0 Å². The number of aromatic nitrogens is 4. The number of terminal acetylenes is 1. The summed E-state index contributed by atoms with van der Waals surface area (Å²) in [6.45, 7) is -0.436. The number of hydrogen-bond acceptors (Lipinski definition) is 8. The van der Waals surface area contributed by atoms with Gasteiger partial charge in [0.1, 0.15) is 35.7 Å². The van der Waals surface area contributed by atoms with Gasteiger partial charge in [-0.05, 0) is 5.92 Å². The van der Waals surface area contributed by atoms with Crippen LogP contribution in [-0.2, 0) is 4.74 Å². The van der Waals surface area contributed by atoms with Gasteiger partial charge in [0.25, 0.3) is 0 Å². The van der Waals surface area contributed by atoms with Crippen molar-refractivity contribution in [2.24, 2.45) is 0 Å². The Morgan fingerprint density at radius 2 is 2.18 bits per heavy atom. The molecule has 0 spiro atoms. The van der Waals surface area contributed by atoms with E-state index in [0.717, 1.165) is 0 Å². The minimum absolute atomic E-state index is 0.227. The molecule has 2 aromatic heterocycles. The van der Waals surface area contributed by atoms with Crippen LogP contribution in [0.4, 0.5) is 0 Å². The molecule has 1 fully saturated rings. The van der Waals surface area contributed by atoms with E-state index in [9.17, 15) is 10.2 Å². The van der Waals surface area contributed by atoms with Gasteiger partial charge >= 0.3 is 0 Å². The zero-order chi connectivity index (χ0) is 15.9. The summed E-state index contributed by atoms with van der Waals surface area (Å²) < 4.78 is 11.8. The van der Waals surface area contributed by atoms with Crippen LogP contribution in [0.1, 0.15) is 11.9 Å². The molecule has 9 heteroatoms. The molecule has 1 saturated heterocycles. The lowest BCUT2D eigenvalue weighted by molar-refractivity contribution is -0.0567. The number of aliphatic hydroxyl groups is 3. The number of fused-ring (bicyclic) bond motifs is 1. The van der Waals surface area contributed by atoms with Crippen LogP contribution in [0, 0.1) is 12.3 Å². The molecule has 0 unspecified atom stereocenters. The molecule has 116 valence electrons. The van der Waals surface area contributed by atoms with Crippen molar-refractivity contribution >= 4 is 11.0 Å². The number of nitrogens with zero attached hydrogens (tertiary/aromatic N) is 4. The van der Waals surface area contributed by atoms with Gasteiger partial charge in [-0.1, -0.05) is 0 Å². The van der Waals surface area contributed by atoms with Gasteiger partial charge in [0, 0.05) is 0 Å². The Balaban J connectivity index is 2.15. The van der Waals surface area contributed by atoms with Crippen LogP contribution in [0.15, 0.2) is 6.33 Å². The minimum Gasteiger partial charge on any atom is -0.480 e. The summed E-state index contributed by atoms with van der Waals surface area (Å²) in [6.07, 6.45) is 2.22. The van der Waals surface area contributed by atoms with Crippen molar-refractivity contribution in [3.8, 4) is 18.2 Å². The number of aliphatic hydroxyl groups excluding tert-OH is 3. The van der Waals surface area contributed by atoms with Crippen molar-refractivity contribution in [3.05, 3.63) is 12.0 Å². The topological polar surface area (TPSA) is 123 Å². The highest BCUT2D eigenvalue weighted by molar-refractivity contribution is 5.86. The van der Waals surface area contributed by atoms with Crippen LogP contribution in [0.5, 0.6) is 5.88 Å². The Labute approximate surface area is 125 Å². The Bertz CT molecular complexity index is 740. The maximum absolute atomic E-state index is 10.1. The third kappa shape index (κ3) is 2.01. The fraction of sp³-hybridized carbons (Fsp3) is 0.462. The first-order chi connectivity index (χ1) is 10.6. The highest BCUT2D eigenvalue weighted by Gasteiger charge is 2.44. The summed E-state index contributed by atoms with van der Waals surface area (Å²) in [4.78, 5) is 8.06. The van der Waals surface area contributed by atoms with Gasteiger partial charge in [-0.25, -0.2) is 14.6 Å². The number of rotatable bonds is 3. The van der Waals surface area contributed by atoms with E-state index in [1.54, 1.807) is 0 Å². The number of methoxy groups -OCH3 is 1. The summed E-state index contributed by atoms with van der Waals surface area (Å²) in [5, 5.41) is 33.7. The number of ether oxygens (including phenoxy) is 2. The first-order valence-corrected chi connectivity index (χ1v) is 6.48. The van der Waals surface area contributed by atoms with Crippen LogP contribution in [0.2, 0.25) is 0 Å². The molecule has 0 radical (unpaired) electrons. The molecular formula is C13H14N4O5. The summed E-state index contributed by atoms with van der Waals surface area (Å²) >= 11 is 0. The van der Waals surface area contributed by atoms with Crippen molar-refractivity contribution in [1.29, 1.82) is 0 Å². The molecule has 9 nitrogen and oxygen atoms in total. The SMILES string of the molecule is C#Cc1nn([C@@H]2O[C@H](CO)[C@@H](O)[C@H]2O)c2ncnc(OC)c12. The average Bonchev–Trinajstić information content (AvgIpc) is 3.06. The second kappa shape index (κ2) is 5.51. The van der Waals surface area contributed by atoms with Crippen LogP contribution < -0.4 is 4.74 Å². The van der Waals surface area contributed by atoms with E-state index in [1.807, 2.05) is 0 Å². The number of hydrogen-bond donors (Lipinski definition) is 3. The standard InChI is InChI=1S/C13H14N4O5/c1-3-6-8-11(14-5-15-12(8)21-2)17(16-6)13-10(20)9(19)7(4-18)22-13/h1,5,7,9-10,13,18-20H,4H2,2H3/t7-,9-,10-,13-/m1/s1. The molecule has 1 aliphatic heterocycles. The Kier molecular flexibility index (Phi) is 3.67. The Morgan fingerprint density at radius 1 is 1.41 bits per heavy atom. The molecule has 2 aromatic rings. The maximum Gasteiger partial charge on any atom is 0.228 e. The lowest BCUT2D eigenvalue weighted by Gasteiger charge is -2.15. The molecule has 4 atom stereocenters. The zero-order valence-corrected chi connectivity index (χ0v) is 11.6. The van der Waals surface area contributed by atoms with Gasteiger partial charge in [-0.2, -0.15) is 5.10 Å². The zero-order valence-electron chi connectivity index (χ0n) is 11.6. The summed E-state index contributed by atoms with van der Waals surface area (Å²) in [7, 11) is 1.44. The molecule has 3 rings (SSSR count). The second-order valence-corrected chi connectivity index (χ2v) is 4.75. The molecule has 0 aliphatic carbocycles. The first-order valence-electron chi connectivity index (χ1n) is 6.48. The van der Waals surface area contributed by atoms with Crippen LogP contribution in [0.25, 0.3) is 11.0 Å². The van der Waals surface area contributed by atoms with Gasteiger partial charge in [0.15, 0.2) is 11.9 Å². The normalized spacial score (nSPS) is 28.0. The fourth-order valence-electron chi connectivity index (χ4n) is 2.46. The molecule has 1 aliphatic rings. The maximum atomic E-state index is 10.1. The molecule has 3 heterocycles. The Morgan fingerprint density at radius 3 is 2.77 bits per heavy atom. The van der Waals surface area contributed by atoms with Gasteiger partial charge < -0.3 is 24.8 Å². The minimum atomic E-state index is -1.29. The molecule has 0 bridgehead atoms. The molecule has 0 aromatic carbocycles. The van der Waals surface area contributed by atoms with E-state index in [4.69, 9.17) is 21.0 Å². The third-order valence-corrected chi connectivity index (χ3v) is 3.54. The van der Waals surface area contributed by atoms with Gasteiger partial charge in [-0.15, -0.1) is 6.42 Å². The molecule has 22 heavy (non-hydrogen) atoms. The van der Waals surface area contributed by atoms with E-state index in [1.165, 1.54) is 18.1 Å². The van der Waals surface area contributed by atoms with E-state index in [0.29, 0.717) is 11.0 Å². The average molecular weight is 306 g/mol. The summed E-state index contributed by atoms with van der Waals surface area (Å²) in [6, 6.07) is 0. The molecule has 3 N–H and O–H groups in total. The van der Waals surface area contributed by atoms with Crippen LogP contribution >= 0.6 is 0 Å². The van der Waals surface area contributed by atoms with Crippen molar-refractivity contribution in [2.45, 2.75) is 24.5 Å². The predicted octanol–water partition coefficient (Wildman–Crippen LogP) is -1.57. The van der Waals surface area contributed by atoms with Gasteiger partial charge in [0.05, 0.1) is 13.7 Å².